The van der Waals surface area contributed by atoms with Gasteiger partial charge in [0.05, 0.1) is 5.69 Å². The van der Waals surface area contributed by atoms with Gasteiger partial charge >= 0.3 is 0 Å². The number of aromatic nitrogens is 1. The summed E-state index contributed by atoms with van der Waals surface area (Å²) in [5.41, 5.74) is 1.98. The zero-order valence-corrected chi connectivity index (χ0v) is 12.1. The molecule has 1 N–H and O–H groups in total. The average molecular weight is 270 g/mol. The van der Waals surface area contributed by atoms with E-state index in [1.54, 1.807) is 0 Å². The summed E-state index contributed by atoms with van der Waals surface area (Å²) >= 11 is 0. The first kappa shape index (κ1) is 15.1. The molecule has 0 fully saturated rings. The zero-order chi connectivity index (χ0) is 13.6. The highest BCUT2D eigenvalue weighted by atomic mass is 32.2. The Kier molecular flexibility index (Phi) is 5.75. The second-order valence-electron chi connectivity index (χ2n) is 4.59. The Balaban J connectivity index is 2.65. The molecule has 0 saturated heterocycles. The third-order valence-corrected chi connectivity index (χ3v) is 3.76. The smallest absolute Gasteiger partial charge is 0.147 e. The van der Waals surface area contributed by atoms with Crippen LogP contribution < -0.4 is 5.32 Å². The lowest BCUT2D eigenvalue weighted by Crippen LogP contribution is -2.22. The van der Waals surface area contributed by atoms with Crippen LogP contribution in [-0.2, 0) is 9.84 Å². The van der Waals surface area contributed by atoms with Crippen molar-refractivity contribution in [3.05, 3.63) is 29.6 Å². The van der Waals surface area contributed by atoms with Gasteiger partial charge in [0.1, 0.15) is 9.84 Å². The van der Waals surface area contributed by atoms with Crippen molar-refractivity contribution in [2.75, 3.05) is 18.6 Å². The predicted molar refractivity (Wildman–Crippen MR) is 74.3 cm³/mol. The average Bonchev–Trinajstić information content (AvgIpc) is 2.26. The first-order valence-electron chi connectivity index (χ1n) is 6.27. The van der Waals surface area contributed by atoms with E-state index in [0.29, 0.717) is 6.42 Å². The molecule has 1 heterocycles. The quantitative estimate of drug-likeness (QED) is 0.821. The molecule has 0 bridgehead atoms. The van der Waals surface area contributed by atoms with E-state index >= 15 is 0 Å². The van der Waals surface area contributed by atoms with Gasteiger partial charge < -0.3 is 5.32 Å². The molecule has 0 spiro atoms. The Morgan fingerprint density at radius 2 is 2.11 bits per heavy atom. The fourth-order valence-corrected chi connectivity index (χ4v) is 2.60. The van der Waals surface area contributed by atoms with Gasteiger partial charge in [0.25, 0.3) is 0 Å². The van der Waals surface area contributed by atoms with Crippen LogP contribution in [-0.4, -0.2) is 32.0 Å². The van der Waals surface area contributed by atoms with Crippen molar-refractivity contribution in [2.45, 2.75) is 32.7 Å². The van der Waals surface area contributed by atoms with E-state index in [1.807, 2.05) is 32.0 Å². The van der Waals surface area contributed by atoms with E-state index in [4.69, 9.17) is 0 Å². The molecule has 0 aliphatic rings. The minimum Gasteiger partial charge on any atom is -0.309 e. The topological polar surface area (TPSA) is 59.1 Å². The molecule has 1 aromatic rings. The van der Waals surface area contributed by atoms with Crippen molar-refractivity contribution in [3.8, 4) is 0 Å². The minimum atomic E-state index is -2.87. The highest BCUT2D eigenvalue weighted by Crippen LogP contribution is 2.17. The third-order valence-electron chi connectivity index (χ3n) is 2.73. The van der Waals surface area contributed by atoms with E-state index < -0.39 is 9.84 Å². The van der Waals surface area contributed by atoms with Crippen molar-refractivity contribution in [1.82, 2.24) is 10.3 Å². The number of rotatable bonds is 7. The Labute approximate surface area is 110 Å². The van der Waals surface area contributed by atoms with Gasteiger partial charge in [-0.05, 0) is 38.4 Å². The fourth-order valence-electron chi connectivity index (χ4n) is 1.91. The van der Waals surface area contributed by atoms with E-state index in [1.165, 1.54) is 6.26 Å². The predicted octanol–water partition coefficient (Wildman–Crippen LogP) is 1.87. The molecule has 0 radical (unpaired) electrons. The molecule has 1 aromatic heterocycles. The standard InChI is InChI=1S/C13H22N2O2S/c1-4-14-12(9-6-10-18(3,16)17)13-8-5-7-11(2)15-13/h5,7-8,12,14H,4,6,9-10H2,1-3H3. The van der Waals surface area contributed by atoms with Crippen molar-refractivity contribution >= 4 is 9.84 Å². The summed E-state index contributed by atoms with van der Waals surface area (Å²) < 4.78 is 22.3. The maximum absolute atomic E-state index is 11.1. The summed E-state index contributed by atoms with van der Waals surface area (Å²) in [5.74, 6) is 0.237. The number of hydrogen-bond donors (Lipinski definition) is 1. The van der Waals surface area contributed by atoms with Gasteiger partial charge in [-0.3, -0.25) is 4.98 Å². The molecule has 1 unspecified atom stereocenters. The molecule has 5 heteroatoms. The van der Waals surface area contributed by atoms with Crippen molar-refractivity contribution in [3.63, 3.8) is 0 Å². The molecule has 102 valence electrons. The van der Waals surface area contributed by atoms with Gasteiger partial charge in [-0.1, -0.05) is 13.0 Å². The fraction of sp³-hybridized carbons (Fsp3) is 0.615. The highest BCUT2D eigenvalue weighted by molar-refractivity contribution is 7.90. The largest absolute Gasteiger partial charge is 0.309 e. The number of sulfone groups is 1. The van der Waals surface area contributed by atoms with E-state index in [9.17, 15) is 8.42 Å². The molecule has 1 atom stereocenters. The second kappa shape index (κ2) is 6.85. The number of nitrogens with one attached hydrogen (secondary N) is 1. The van der Waals surface area contributed by atoms with Gasteiger partial charge in [-0.2, -0.15) is 0 Å². The molecule has 0 aliphatic heterocycles. The molecule has 0 aromatic carbocycles. The molecule has 0 aliphatic carbocycles. The summed E-state index contributed by atoms with van der Waals surface area (Å²) in [6.07, 6.45) is 2.73. The molecular formula is C13H22N2O2S. The second-order valence-corrected chi connectivity index (χ2v) is 6.85. The van der Waals surface area contributed by atoms with Crippen LogP contribution >= 0.6 is 0 Å². The van der Waals surface area contributed by atoms with Gasteiger partial charge in [-0.15, -0.1) is 0 Å². The number of nitrogens with zero attached hydrogens (tertiary/aromatic N) is 1. The van der Waals surface area contributed by atoms with Gasteiger partial charge in [0.15, 0.2) is 0 Å². The van der Waals surface area contributed by atoms with Gasteiger partial charge in [0.2, 0.25) is 0 Å². The summed E-state index contributed by atoms with van der Waals surface area (Å²) in [7, 11) is -2.87. The van der Waals surface area contributed by atoms with Crippen LogP contribution in [0.25, 0.3) is 0 Å². The first-order chi connectivity index (χ1) is 8.42. The normalized spacial score (nSPS) is 13.5. The number of aryl methyl sites for hydroxylation is 1. The van der Waals surface area contributed by atoms with Crippen molar-refractivity contribution in [2.24, 2.45) is 0 Å². The Bertz CT molecular complexity index is 472. The summed E-state index contributed by atoms with van der Waals surface area (Å²) in [4.78, 5) is 4.50. The summed E-state index contributed by atoms with van der Waals surface area (Å²) in [5, 5.41) is 3.36. The third kappa shape index (κ3) is 5.60. The maximum Gasteiger partial charge on any atom is 0.147 e. The summed E-state index contributed by atoms with van der Waals surface area (Å²) in [6, 6.07) is 6.07. The number of hydrogen-bond acceptors (Lipinski definition) is 4. The van der Waals surface area contributed by atoms with Gasteiger partial charge in [0, 0.05) is 23.7 Å². The molecular weight excluding hydrogens is 248 g/mol. The van der Waals surface area contributed by atoms with Crippen LogP contribution in [0.3, 0.4) is 0 Å². The highest BCUT2D eigenvalue weighted by Gasteiger charge is 2.13. The molecule has 1 rings (SSSR count). The Hall–Kier alpha value is -0.940. The van der Waals surface area contributed by atoms with Crippen LogP contribution in [0.5, 0.6) is 0 Å². The van der Waals surface area contributed by atoms with E-state index in [0.717, 1.165) is 24.4 Å². The molecule has 0 amide bonds. The molecule has 0 saturated carbocycles. The van der Waals surface area contributed by atoms with Crippen molar-refractivity contribution < 1.29 is 8.42 Å². The Morgan fingerprint density at radius 1 is 1.39 bits per heavy atom. The molecule has 18 heavy (non-hydrogen) atoms. The monoisotopic (exact) mass is 270 g/mol. The van der Waals surface area contributed by atoms with E-state index in [-0.39, 0.29) is 11.8 Å². The van der Waals surface area contributed by atoms with Crippen LogP contribution in [0.2, 0.25) is 0 Å². The van der Waals surface area contributed by atoms with Gasteiger partial charge in [-0.25, -0.2) is 8.42 Å². The van der Waals surface area contributed by atoms with Crippen LogP contribution in [0.4, 0.5) is 0 Å². The first-order valence-corrected chi connectivity index (χ1v) is 8.33. The lowest BCUT2D eigenvalue weighted by Gasteiger charge is -2.17. The lowest BCUT2D eigenvalue weighted by atomic mass is 10.1. The van der Waals surface area contributed by atoms with E-state index in [2.05, 4.69) is 10.3 Å². The Morgan fingerprint density at radius 3 is 2.67 bits per heavy atom. The lowest BCUT2D eigenvalue weighted by molar-refractivity contribution is 0.495. The van der Waals surface area contributed by atoms with Crippen LogP contribution in [0, 0.1) is 6.92 Å². The van der Waals surface area contributed by atoms with Crippen molar-refractivity contribution in [1.29, 1.82) is 0 Å². The maximum atomic E-state index is 11.1. The summed E-state index contributed by atoms with van der Waals surface area (Å²) in [6.45, 7) is 4.85. The number of pyridine rings is 1. The van der Waals surface area contributed by atoms with Crippen LogP contribution in [0.15, 0.2) is 18.2 Å². The minimum absolute atomic E-state index is 0.136. The van der Waals surface area contributed by atoms with Crippen LogP contribution in [0.1, 0.15) is 37.2 Å². The SMILES string of the molecule is CCNC(CCCS(C)(=O)=O)c1cccc(C)n1. The zero-order valence-electron chi connectivity index (χ0n) is 11.3. The molecule has 4 nitrogen and oxygen atoms in total.